The van der Waals surface area contributed by atoms with Crippen molar-refractivity contribution in [2.75, 3.05) is 43.4 Å². The van der Waals surface area contributed by atoms with Crippen LogP contribution in [0.15, 0.2) is 48.8 Å². The second-order valence-corrected chi connectivity index (χ2v) is 7.82. The Morgan fingerprint density at radius 1 is 1.21 bits per heavy atom. The topological polar surface area (TPSA) is 68.8 Å². The lowest BCUT2D eigenvalue weighted by Crippen LogP contribution is -2.64. The molecule has 1 aromatic heterocycles. The van der Waals surface area contributed by atoms with Crippen molar-refractivity contribution < 1.29 is 9.59 Å². The molecule has 1 N–H and O–H groups in total. The molecule has 1 aromatic carbocycles. The van der Waals surface area contributed by atoms with Gasteiger partial charge in [-0.2, -0.15) is 0 Å². The van der Waals surface area contributed by atoms with Crippen LogP contribution in [0.25, 0.3) is 0 Å². The van der Waals surface area contributed by atoms with Gasteiger partial charge in [-0.15, -0.1) is 0 Å². The molecular weight excluding hydrogens is 378 g/mol. The van der Waals surface area contributed by atoms with Crippen molar-refractivity contribution >= 4 is 34.9 Å². The van der Waals surface area contributed by atoms with Gasteiger partial charge in [-0.25, -0.2) is 4.79 Å². The molecule has 3 amide bonds. The summed E-state index contributed by atoms with van der Waals surface area (Å²) in [5.74, 6) is 0.0465. The molecule has 8 heteroatoms. The number of carbonyl (C=O) groups excluding carboxylic acids is 2. The lowest BCUT2D eigenvalue weighted by molar-refractivity contribution is -0.123. The summed E-state index contributed by atoms with van der Waals surface area (Å²) < 4.78 is 0. The van der Waals surface area contributed by atoms with Crippen molar-refractivity contribution in [2.45, 2.75) is 12.0 Å². The molecule has 3 heterocycles. The molecule has 2 aliphatic heterocycles. The number of rotatable bonds is 2. The molecule has 2 aliphatic rings. The zero-order chi connectivity index (χ0) is 19.7. The number of halogens is 1. The third-order valence-corrected chi connectivity index (χ3v) is 5.86. The van der Waals surface area contributed by atoms with Crippen molar-refractivity contribution in [2.24, 2.45) is 0 Å². The Bertz CT molecular complexity index is 876. The Kier molecular flexibility index (Phi) is 4.95. The van der Waals surface area contributed by atoms with Gasteiger partial charge in [0.2, 0.25) is 5.91 Å². The summed E-state index contributed by atoms with van der Waals surface area (Å²) in [7, 11) is 1.96. The number of hydrogen-bond donors (Lipinski definition) is 1. The number of hydrogen-bond acceptors (Lipinski definition) is 4. The molecule has 0 radical (unpaired) electrons. The Morgan fingerprint density at radius 2 is 2.00 bits per heavy atom. The second kappa shape index (κ2) is 7.41. The predicted octanol–water partition coefficient (Wildman–Crippen LogP) is 2.69. The van der Waals surface area contributed by atoms with Crippen molar-refractivity contribution in [1.82, 2.24) is 14.8 Å². The highest BCUT2D eigenvalue weighted by Gasteiger charge is 2.48. The van der Waals surface area contributed by atoms with Gasteiger partial charge in [0.15, 0.2) is 0 Å². The minimum absolute atomic E-state index is 0.0465. The van der Waals surface area contributed by atoms with Crippen molar-refractivity contribution in [3.05, 3.63) is 53.8 Å². The van der Waals surface area contributed by atoms with E-state index >= 15 is 0 Å². The van der Waals surface area contributed by atoms with Crippen LogP contribution in [0.5, 0.6) is 0 Å². The van der Waals surface area contributed by atoms with Crippen LogP contribution in [-0.4, -0.2) is 65.5 Å². The number of anilines is 2. The van der Waals surface area contributed by atoms with Crippen molar-refractivity contribution in [3.8, 4) is 0 Å². The zero-order valence-corrected chi connectivity index (χ0v) is 16.4. The monoisotopic (exact) mass is 399 g/mol. The maximum atomic E-state index is 12.7. The number of carbonyl (C=O) groups is 2. The highest BCUT2D eigenvalue weighted by molar-refractivity contribution is 6.30. The van der Waals surface area contributed by atoms with Crippen LogP contribution in [0.4, 0.5) is 16.2 Å². The number of amides is 3. The third-order valence-electron chi connectivity index (χ3n) is 5.61. The van der Waals surface area contributed by atoms with Gasteiger partial charge in [0.05, 0.1) is 24.0 Å². The minimum Gasteiger partial charge on any atom is -0.323 e. The number of nitrogens with one attached hydrogen (secondary N) is 1. The van der Waals surface area contributed by atoms with Gasteiger partial charge < -0.3 is 15.1 Å². The van der Waals surface area contributed by atoms with E-state index in [4.69, 9.17) is 11.6 Å². The molecule has 1 spiro atoms. The summed E-state index contributed by atoms with van der Waals surface area (Å²) in [5.41, 5.74) is 1.24. The molecule has 0 saturated carbocycles. The van der Waals surface area contributed by atoms with Crippen LogP contribution in [0.3, 0.4) is 0 Å². The van der Waals surface area contributed by atoms with Gasteiger partial charge in [0, 0.05) is 36.5 Å². The first-order valence-corrected chi connectivity index (χ1v) is 9.58. The minimum atomic E-state index is -0.263. The lowest BCUT2D eigenvalue weighted by Gasteiger charge is -2.46. The van der Waals surface area contributed by atoms with E-state index < -0.39 is 0 Å². The summed E-state index contributed by atoms with van der Waals surface area (Å²) >= 11 is 5.90. The summed E-state index contributed by atoms with van der Waals surface area (Å²) in [5, 5.41) is 3.55. The summed E-state index contributed by atoms with van der Waals surface area (Å²) in [6, 6.07) is 10.6. The van der Waals surface area contributed by atoms with E-state index in [1.165, 1.54) is 0 Å². The van der Waals surface area contributed by atoms with E-state index in [1.54, 1.807) is 41.6 Å². The Hall–Kier alpha value is -2.64. The Balaban J connectivity index is 1.48. The van der Waals surface area contributed by atoms with Crippen molar-refractivity contribution in [1.29, 1.82) is 0 Å². The number of aromatic nitrogens is 1. The van der Waals surface area contributed by atoms with E-state index in [0.29, 0.717) is 36.9 Å². The van der Waals surface area contributed by atoms with Gasteiger partial charge in [0.25, 0.3) is 0 Å². The van der Waals surface area contributed by atoms with E-state index in [9.17, 15) is 9.59 Å². The maximum Gasteiger partial charge on any atom is 0.321 e. The number of piperazine rings is 1. The second-order valence-electron chi connectivity index (χ2n) is 7.38. The number of likely N-dealkylation sites (tertiary alicyclic amines) is 1. The van der Waals surface area contributed by atoms with Crippen LogP contribution in [-0.2, 0) is 4.79 Å². The predicted molar refractivity (Wildman–Crippen MR) is 109 cm³/mol. The molecule has 2 aromatic rings. The van der Waals surface area contributed by atoms with Gasteiger partial charge in [-0.05, 0) is 49.9 Å². The van der Waals surface area contributed by atoms with Crippen LogP contribution < -0.4 is 10.2 Å². The number of likely N-dealkylation sites (N-methyl/N-ethyl adjacent to an activating group) is 1. The van der Waals surface area contributed by atoms with Gasteiger partial charge in [-0.3, -0.25) is 14.7 Å². The first-order chi connectivity index (χ1) is 13.5. The maximum absolute atomic E-state index is 12.7. The normalized spacial score (nSPS) is 22.7. The van der Waals surface area contributed by atoms with Crippen molar-refractivity contribution in [3.63, 3.8) is 0 Å². The van der Waals surface area contributed by atoms with Crippen LogP contribution in [0.2, 0.25) is 5.02 Å². The number of benzene rings is 1. The molecule has 2 saturated heterocycles. The Labute approximate surface area is 168 Å². The largest absolute Gasteiger partial charge is 0.323 e. The summed E-state index contributed by atoms with van der Waals surface area (Å²) in [4.78, 5) is 35.1. The third kappa shape index (κ3) is 3.55. The van der Waals surface area contributed by atoms with Crippen LogP contribution in [0.1, 0.15) is 6.42 Å². The average molecular weight is 400 g/mol. The fraction of sp³-hybridized carbons (Fsp3) is 0.350. The van der Waals surface area contributed by atoms with Crippen LogP contribution >= 0.6 is 11.6 Å². The molecule has 2 fully saturated rings. The number of urea groups is 1. The molecule has 0 aliphatic carbocycles. The standard InChI is InChI=1S/C20H22ClN5O2/c1-24-12-18(27)26(17-3-2-9-22-11-17)14-20(24)8-10-25(13-20)19(28)23-16-6-4-15(21)5-7-16/h2-7,9,11H,8,10,12-14H2,1H3,(H,23,28)/t20-/m1/s1. The van der Waals surface area contributed by atoms with Gasteiger partial charge in [-0.1, -0.05) is 11.6 Å². The molecule has 28 heavy (non-hydrogen) atoms. The number of nitrogens with zero attached hydrogens (tertiary/aromatic N) is 4. The van der Waals surface area contributed by atoms with Gasteiger partial charge in [0.1, 0.15) is 0 Å². The molecule has 1 atom stereocenters. The van der Waals surface area contributed by atoms with E-state index in [1.807, 2.05) is 24.1 Å². The van der Waals surface area contributed by atoms with E-state index in [-0.39, 0.29) is 17.5 Å². The fourth-order valence-corrected chi connectivity index (χ4v) is 4.04. The highest BCUT2D eigenvalue weighted by Crippen LogP contribution is 2.33. The first kappa shape index (κ1) is 18.7. The SMILES string of the molecule is CN1CC(=O)N(c2cccnc2)C[C@]12CCN(C(=O)Nc1ccc(Cl)cc1)C2. The Morgan fingerprint density at radius 3 is 2.71 bits per heavy atom. The fourth-order valence-electron chi connectivity index (χ4n) is 3.91. The van der Waals surface area contributed by atoms with E-state index in [2.05, 4.69) is 15.2 Å². The lowest BCUT2D eigenvalue weighted by atomic mass is 9.92. The molecule has 7 nitrogen and oxygen atoms in total. The number of pyridine rings is 1. The smallest absolute Gasteiger partial charge is 0.321 e. The molecular formula is C20H22ClN5O2. The molecule has 146 valence electrons. The van der Waals surface area contributed by atoms with E-state index in [0.717, 1.165) is 12.1 Å². The van der Waals surface area contributed by atoms with Crippen LogP contribution in [0, 0.1) is 0 Å². The quantitative estimate of drug-likeness (QED) is 0.843. The average Bonchev–Trinajstić information content (AvgIpc) is 3.13. The first-order valence-electron chi connectivity index (χ1n) is 9.20. The molecule has 4 rings (SSSR count). The zero-order valence-electron chi connectivity index (χ0n) is 15.6. The highest BCUT2D eigenvalue weighted by atomic mass is 35.5. The molecule has 0 unspecified atom stereocenters. The van der Waals surface area contributed by atoms with Gasteiger partial charge >= 0.3 is 6.03 Å². The summed E-state index contributed by atoms with van der Waals surface area (Å²) in [6.07, 6.45) is 4.21. The molecule has 0 bridgehead atoms. The summed E-state index contributed by atoms with van der Waals surface area (Å²) in [6.45, 7) is 2.06.